The molecule has 0 fully saturated rings. The van der Waals surface area contributed by atoms with Crippen molar-refractivity contribution >= 4 is 33.9 Å². The van der Waals surface area contributed by atoms with Gasteiger partial charge in [0.25, 0.3) is 5.91 Å². The first kappa shape index (κ1) is 20.2. The number of ether oxygens (including phenoxy) is 1. The number of pyridine rings is 1. The number of fused-ring (bicyclic) bond motifs is 1. The quantitative estimate of drug-likeness (QED) is 0.300. The highest BCUT2D eigenvalue weighted by Gasteiger charge is 2.07. The largest absolute Gasteiger partial charge is 0.768 e. The van der Waals surface area contributed by atoms with Gasteiger partial charge in [-0.3, -0.25) is 14.0 Å². The van der Waals surface area contributed by atoms with Crippen molar-refractivity contribution in [2.75, 3.05) is 6.54 Å². The van der Waals surface area contributed by atoms with Gasteiger partial charge in [0.15, 0.2) is 0 Å². The maximum absolute atomic E-state index is 12.2. The lowest BCUT2D eigenvalue weighted by Crippen LogP contribution is -2.23. The van der Waals surface area contributed by atoms with Gasteiger partial charge in [0.2, 0.25) is 0 Å². The number of benzene rings is 2. The van der Waals surface area contributed by atoms with Crippen LogP contribution in [-0.2, 0) is 27.2 Å². The number of carbonyl (C=O) groups excluding carboxylic acids is 2. The van der Waals surface area contributed by atoms with Crippen molar-refractivity contribution in [1.29, 1.82) is 0 Å². The highest BCUT2D eigenvalue weighted by molar-refractivity contribution is 7.79. The molecular formula is C21H15N2O5S-. The maximum atomic E-state index is 12.2. The van der Waals surface area contributed by atoms with Crippen LogP contribution in [-0.4, -0.2) is 32.2 Å². The second kappa shape index (κ2) is 9.59. The van der Waals surface area contributed by atoms with Gasteiger partial charge in [0.1, 0.15) is 6.61 Å². The van der Waals surface area contributed by atoms with Gasteiger partial charge < -0.3 is 14.6 Å². The van der Waals surface area contributed by atoms with Crippen LogP contribution >= 0.6 is 0 Å². The minimum absolute atomic E-state index is 0.0289. The third-order valence-electron chi connectivity index (χ3n) is 3.85. The minimum atomic E-state index is -2.37. The smallest absolute Gasteiger partial charge is 0.384 e. The summed E-state index contributed by atoms with van der Waals surface area (Å²) in [4.78, 5) is 27.9. The molecule has 0 aliphatic heterocycles. The summed E-state index contributed by atoms with van der Waals surface area (Å²) in [5, 5.41) is 3.18. The Kier molecular flexibility index (Phi) is 6.68. The fourth-order valence-corrected chi connectivity index (χ4v) is 2.80. The monoisotopic (exact) mass is 407 g/mol. The number of esters is 1. The number of nitrogens with zero attached hydrogens (tertiary/aromatic N) is 1. The predicted molar refractivity (Wildman–Crippen MR) is 105 cm³/mol. The van der Waals surface area contributed by atoms with E-state index in [2.05, 4.69) is 22.1 Å². The molecule has 0 saturated carbocycles. The van der Waals surface area contributed by atoms with Gasteiger partial charge >= 0.3 is 5.97 Å². The molecule has 0 bridgehead atoms. The summed E-state index contributed by atoms with van der Waals surface area (Å²) >= 11 is -2.37. The van der Waals surface area contributed by atoms with Crippen LogP contribution in [0.25, 0.3) is 10.9 Å². The molecule has 3 aromatic rings. The van der Waals surface area contributed by atoms with Gasteiger partial charge in [0.05, 0.1) is 12.1 Å². The summed E-state index contributed by atoms with van der Waals surface area (Å²) in [6.45, 7) is 0.102. The predicted octanol–water partition coefficient (Wildman–Crippen LogP) is 1.95. The molecule has 1 aromatic heterocycles. The molecule has 7 nitrogen and oxygen atoms in total. The summed E-state index contributed by atoms with van der Waals surface area (Å²) < 4.78 is 27.0. The Morgan fingerprint density at radius 2 is 1.93 bits per heavy atom. The first-order valence-electron chi connectivity index (χ1n) is 8.50. The van der Waals surface area contributed by atoms with Crippen molar-refractivity contribution in [2.45, 2.75) is 11.5 Å². The van der Waals surface area contributed by atoms with Crippen LogP contribution in [0.4, 0.5) is 0 Å². The number of hydrogen-bond acceptors (Lipinski definition) is 6. The number of hydrogen-bond donors (Lipinski definition) is 1. The van der Waals surface area contributed by atoms with Crippen LogP contribution in [0.5, 0.6) is 0 Å². The Hall–Kier alpha value is -3.54. The third-order valence-corrected chi connectivity index (χ3v) is 4.46. The van der Waals surface area contributed by atoms with Gasteiger partial charge in [-0.2, -0.15) is 0 Å². The second-order valence-corrected chi connectivity index (χ2v) is 6.80. The Morgan fingerprint density at radius 3 is 2.69 bits per heavy atom. The van der Waals surface area contributed by atoms with Crippen LogP contribution in [0, 0.1) is 11.8 Å². The van der Waals surface area contributed by atoms with E-state index in [1.807, 2.05) is 30.3 Å². The molecule has 3 rings (SSSR count). The summed E-state index contributed by atoms with van der Waals surface area (Å²) in [7, 11) is 0. The number of aromatic nitrogens is 1. The lowest BCUT2D eigenvalue weighted by atomic mass is 10.1. The van der Waals surface area contributed by atoms with E-state index in [-0.39, 0.29) is 18.0 Å². The van der Waals surface area contributed by atoms with Crippen molar-refractivity contribution in [2.24, 2.45) is 0 Å². The molecule has 0 aliphatic rings. The van der Waals surface area contributed by atoms with Crippen molar-refractivity contribution in [1.82, 2.24) is 10.3 Å². The molecular weight excluding hydrogens is 392 g/mol. The Balaban J connectivity index is 1.53. The average molecular weight is 407 g/mol. The van der Waals surface area contributed by atoms with Crippen LogP contribution in [0.3, 0.4) is 0 Å². The average Bonchev–Trinajstić information content (AvgIpc) is 2.75. The van der Waals surface area contributed by atoms with E-state index < -0.39 is 23.0 Å². The molecule has 1 N–H and O–H groups in total. The third kappa shape index (κ3) is 5.72. The molecule has 1 amide bonds. The highest BCUT2D eigenvalue weighted by atomic mass is 32.2. The van der Waals surface area contributed by atoms with E-state index in [4.69, 9.17) is 4.74 Å². The van der Waals surface area contributed by atoms with Crippen LogP contribution in [0.15, 0.2) is 65.7 Å². The van der Waals surface area contributed by atoms with E-state index in [0.29, 0.717) is 16.5 Å². The van der Waals surface area contributed by atoms with Gasteiger partial charge in [-0.05, 0) is 34.8 Å². The zero-order chi connectivity index (χ0) is 20.6. The molecule has 1 heterocycles. The lowest BCUT2D eigenvalue weighted by Gasteiger charge is -2.07. The van der Waals surface area contributed by atoms with Gasteiger partial charge in [-0.25, -0.2) is 4.79 Å². The van der Waals surface area contributed by atoms with Gasteiger partial charge in [-0.15, -0.1) is 0 Å². The normalized spacial score (nSPS) is 11.2. The van der Waals surface area contributed by atoms with Crippen LogP contribution in [0.2, 0.25) is 0 Å². The second-order valence-electron chi connectivity index (χ2n) is 5.86. The SMILES string of the molecule is O=C(C#CCNC(=O)c1ccc2cc(S(=O)[O-])cnc2c1)OCc1ccccc1. The zero-order valence-electron chi connectivity index (χ0n) is 15.1. The molecule has 1 unspecified atom stereocenters. The van der Waals surface area contributed by atoms with E-state index in [0.717, 1.165) is 5.56 Å². The molecule has 0 aliphatic carbocycles. The van der Waals surface area contributed by atoms with Crippen molar-refractivity contribution in [3.63, 3.8) is 0 Å². The van der Waals surface area contributed by atoms with Gasteiger partial charge in [-0.1, -0.05) is 42.3 Å². The summed E-state index contributed by atoms with van der Waals surface area (Å²) in [5.41, 5.74) is 1.69. The number of nitrogens with one attached hydrogen (secondary N) is 1. The fourth-order valence-electron chi connectivity index (χ4n) is 2.44. The van der Waals surface area contributed by atoms with Crippen molar-refractivity contribution in [3.05, 3.63) is 71.9 Å². The first-order valence-corrected chi connectivity index (χ1v) is 9.57. The molecule has 0 saturated heterocycles. The van der Waals surface area contributed by atoms with E-state index >= 15 is 0 Å². The maximum Gasteiger partial charge on any atom is 0.384 e. The topological polar surface area (TPSA) is 108 Å². The molecule has 146 valence electrons. The molecule has 29 heavy (non-hydrogen) atoms. The Bertz CT molecular complexity index is 1140. The number of amides is 1. The fraction of sp³-hybridized carbons (Fsp3) is 0.0952. The Morgan fingerprint density at radius 1 is 1.14 bits per heavy atom. The van der Waals surface area contributed by atoms with Gasteiger partial charge in [0, 0.05) is 28.0 Å². The highest BCUT2D eigenvalue weighted by Crippen LogP contribution is 2.17. The van der Waals surface area contributed by atoms with E-state index in [9.17, 15) is 18.4 Å². The van der Waals surface area contributed by atoms with Crippen LogP contribution in [0.1, 0.15) is 15.9 Å². The summed E-state index contributed by atoms with van der Waals surface area (Å²) in [6, 6.07) is 15.4. The van der Waals surface area contributed by atoms with Crippen molar-refractivity contribution < 1.29 is 23.1 Å². The lowest BCUT2D eigenvalue weighted by molar-refractivity contribution is -0.137. The first-order chi connectivity index (χ1) is 14.0. The van der Waals surface area contributed by atoms with Crippen LogP contribution < -0.4 is 5.32 Å². The minimum Gasteiger partial charge on any atom is -0.768 e. The standard InChI is InChI=1S/C21H16N2O5S/c24-20(28-14-15-5-2-1-3-6-15)7-4-10-22-21(25)17-9-8-16-11-18(29(26)27)13-23-19(16)12-17/h1-3,5-6,8-9,11-13H,10,14H2,(H,22,25)(H,26,27)/p-1. The number of carbonyl (C=O) groups is 2. The molecule has 0 spiro atoms. The zero-order valence-corrected chi connectivity index (χ0v) is 15.9. The number of rotatable bonds is 5. The Labute approximate surface area is 169 Å². The van der Waals surface area contributed by atoms with E-state index in [1.165, 1.54) is 12.3 Å². The van der Waals surface area contributed by atoms with E-state index in [1.54, 1.807) is 18.2 Å². The molecule has 0 radical (unpaired) electrons. The summed E-state index contributed by atoms with van der Waals surface area (Å²) in [5.74, 6) is 3.78. The molecule has 1 atom stereocenters. The van der Waals surface area contributed by atoms with Crippen molar-refractivity contribution in [3.8, 4) is 11.8 Å². The summed E-state index contributed by atoms with van der Waals surface area (Å²) in [6.07, 6.45) is 1.22. The molecule has 8 heteroatoms. The molecule has 2 aromatic carbocycles.